The van der Waals surface area contributed by atoms with E-state index in [1.165, 1.54) is 289 Å². The summed E-state index contributed by atoms with van der Waals surface area (Å²) in [5, 5.41) is 45.2. The van der Waals surface area contributed by atoms with Crippen LogP contribution >= 0.6 is 0 Å². The van der Waals surface area contributed by atoms with Crippen molar-refractivity contribution < 1.29 is 51.8 Å². The van der Waals surface area contributed by atoms with Gasteiger partial charge in [0.05, 0.1) is 25.4 Å². The van der Waals surface area contributed by atoms with Crippen molar-refractivity contribution in [1.82, 2.24) is 5.32 Å². The minimum absolute atomic E-state index is 0.253. The number of hydrogen-bond donors (Lipinski definition) is 6. The molecule has 0 bridgehead atoms. The Labute approximate surface area is 493 Å². The standard InChI is InChI=1S/C67H131NO11S/c1-3-5-7-9-11-13-15-17-19-21-23-25-27-29-30-31-32-33-35-37-39-41-43-45-47-49-51-53-55-57-63(71)68-60(59-77-67-65(73)66(79-80(74,75)76)64(72)62(58-69)78-67)61(70)56-54-52-50-48-46-44-42-40-38-36-34-28-26-24-22-20-18-16-14-12-10-8-6-4-2/h54,56,60-62,64-67,69-70,72-73H,3-53,55,57-59H2,1-2H3,(H,68,71)(H,74,75,76)/b56-54+. The van der Waals surface area contributed by atoms with Crippen LogP contribution in [0.15, 0.2) is 12.2 Å². The Balaban J connectivity index is 2.25. The fraction of sp³-hybridized carbons (Fsp3) is 0.955. The Morgan fingerprint density at radius 3 is 1.09 bits per heavy atom. The zero-order chi connectivity index (χ0) is 58.3. The summed E-state index contributed by atoms with van der Waals surface area (Å²) >= 11 is 0. The molecule has 0 aromatic carbocycles. The molecule has 1 aliphatic heterocycles. The molecule has 0 spiro atoms. The van der Waals surface area contributed by atoms with Crippen LogP contribution < -0.4 is 5.32 Å². The van der Waals surface area contributed by atoms with Crippen molar-refractivity contribution in [2.24, 2.45) is 0 Å². The number of nitrogens with one attached hydrogen (secondary N) is 1. The molecular formula is C67H131NO11S. The van der Waals surface area contributed by atoms with Crippen LogP contribution in [0.5, 0.6) is 0 Å². The highest BCUT2D eigenvalue weighted by Gasteiger charge is 2.48. The molecule has 1 rings (SSSR count). The van der Waals surface area contributed by atoms with E-state index in [0.29, 0.717) is 6.42 Å². The van der Waals surface area contributed by atoms with E-state index in [1.54, 1.807) is 6.08 Å². The van der Waals surface area contributed by atoms with Crippen LogP contribution in [0.3, 0.4) is 0 Å². The largest absolute Gasteiger partial charge is 0.397 e. The maximum absolute atomic E-state index is 13.2. The Morgan fingerprint density at radius 2 is 0.787 bits per heavy atom. The topological polar surface area (TPSA) is 192 Å². The quantitative estimate of drug-likeness (QED) is 0.0193. The molecule has 12 nitrogen and oxygen atoms in total. The summed E-state index contributed by atoms with van der Waals surface area (Å²) in [5.74, 6) is -0.253. The minimum atomic E-state index is -5.09. The van der Waals surface area contributed by atoms with Gasteiger partial charge in [-0.15, -0.1) is 0 Å². The lowest BCUT2D eigenvalue weighted by atomic mass is 9.99. The van der Waals surface area contributed by atoms with Gasteiger partial charge in [0.25, 0.3) is 0 Å². The summed E-state index contributed by atoms with van der Waals surface area (Å²) in [6.07, 6.45) is 62.8. The van der Waals surface area contributed by atoms with Crippen molar-refractivity contribution in [3.63, 3.8) is 0 Å². The fourth-order valence-corrected chi connectivity index (χ4v) is 12.0. The smallest absolute Gasteiger partial charge is 0.394 e. The van der Waals surface area contributed by atoms with Crippen LogP contribution in [0.4, 0.5) is 0 Å². The molecule has 80 heavy (non-hydrogen) atoms. The number of rotatable bonds is 62. The van der Waals surface area contributed by atoms with Crippen LogP contribution in [0.25, 0.3) is 0 Å². The Kier molecular flexibility index (Phi) is 54.7. The SMILES string of the molecule is CCCCCCCCCCCCCCCCCCCCCCCC/C=C/C(O)C(COC1OC(CO)C(O)C(OS(=O)(=O)O)C1O)NC(=O)CCCCCCCCCCCCCCCCCCCCCCCCCCCCCCC. The normalized spacial score (nSPS) is 18.6. The summed E-state index contributed by atoms with van der Waals surface area (Å²) in [7, 11) is -5.09. The molecule has 13 heteroatoms. The molecule has 0 aromatic rings. The van der Waals surface area contributed by atoms with Crippen molar-refractivity contribution in [2.45, 2.75) is 397 Å². The number of allylic oxidation sites excluding steroid dienone is 1. The first-order chi connectivity index (χ1) is 39.0. The first kappa shape index (κ1) is 76.9. The lowest BCUT2D eigenvalue weighted by Gasteiger charge is -2.41. The molecule has 476 valence electrons. The molecule has 0 radical (unpaired) electrons. The van der Waals surface area contributed by atoms with Gasteiger partial charge in [-0.1, -0.05) is 341 Å². The van der Waals surface area contributed by atoms with Gasteiger partial charge in [-0.25, -0.2) is 4.18 Å². The van der Waals surface area contributed by atoms with Gasteiger partial charge in [-0.2, -0.15) is 8.42 Å². The number of unbranched alkanes of at least 4 members (excludes halogenated alkanes) is 50. The fourth-order valence-electron chi connectivity index (χ4n) is 11.5. The second kappa shape index (κ2) is 56.9. The average molecular weight is 1160 g/mol. The van der Waals surface area contributed by atoms with Crippen LogP contribution in [0.1, 0.15) is 354 Å². The van der Waals surface area contributed by atoms with Gasteiger partial charge in [-0.05, 0) is 19.3 Å². The van der Waals surface area contributed by atoms with Crippen molar-refractivity contribution in [3.05, 3.63) is 12.2 Å². The molecule has 1 aliphatic rings. The number of carbonyl (C=O) groups excluding carboxylic acids is 1. The third kappa shape index (κ3) is 48.1. The van der Waals surface area contributed by atoms with E-state index >= 15 is 0 Å². The van der Waals surface area contributed by atoms with Gasteiger partial charge in [0, 0.05) is 6.42 Å². The van der Waals surface area contributed by atoms with Crippen molar-refractivity contribution in [3.8, 4) is 0 Å². The summed E-state index contributed by atoms with van der Waals surface area (Å²) < 4.78 is 48.0. The lowest BCUT2D eigenvalue weighted by Crippen LogP contribution is -2.61. The number of aliphatic hydroxyl groups excluding tert-OH is 4. The zero-order valence-electron chi connectivity index (χ0n) is 52.2. The van der Waals surface area contributed by atoms with E-state index in [4.69, 9.17) is 9.47 Å². The van der Waals surface area contributed by atoms with Gasteiger partial charge < -0.3 is 35.2 Å². The first-order valence-corrected chi connectivity index (χ1v) is 35.9. The minimum Gasteiger partial charge on any atom is -0.394 e. The lowest BCUT2D eigenvalue weighted by molar-refractivity contribution is -0.298. The Hall–Kier alpha value is -1.16. The summed E-state index contributed by atoms with van der Waals surface area (Å²) in [5.41, 5.74) is 0. The molecule has 1 saturated heterocycles. The number of amides is 1. The number of hydrogen-bond acceptors (Lipinski definition) is 10. The molecule has 6 N–H and O–H groups in total. The summed E-state index contributed by atoms with van der Waals surface area (Å²) in [6, 6.07) is -0.942. The van der Waals surface area contributed by atoms with Gasteiger partial charge in [0.1, 0.15) is 24.4 Å². The predicted molar refractivity (Wildman–Crippen MR) is 333 cm³/mol. The zero-order valence-corrected chi connectivity index (χ0v) is 53.0. The summed E-state index contributed by atoms with van der Waals surface area (Å²) in [6.45, 7) is 3.47. The van der Waals surface area contributed by atoms with E-state index in [0.717, 1.165) is 38.5 Å². The van der Waals surface area contributed by atoms with Gasteiger partial charge in [0.2, 0.25) is 5.91 Å². The molecule has 7 unspecified atom stereocenters. The summed E-state index contributed by atoms with van der Waals surface area (Å²) in [4.78, 5) is 13.2. The molecule has 7 atom stereocenters. The molecule has 1 heterocycles. The predicted octanol–water partition coefficient (Wildman–Crippen LogP) is 17.7. The molecule has 0 aromatic heterocycles. The van der Waals surface area contributed by atoms with Crippen molar-refractivity contribution >= 4 is 16.3 Å². The molecule has 0 saturated carbocycles. The second-order valence-corrected chi connectivity index (χ2v) is 25.5. The van der Waals surface area contributed by atoms with E-state index in [-0.39, 0.29) is 18.9 Å². The third-order valence-corrected chi connectivity index (χ3v) is 17.3. The van der Waals surface area contributed by atoms with Crippen LogP contribution in [-0.2, 0) is 28.9 Å². The van der Waals surface area contributed by atoms with Crippen LogP contribution in [0.2, 0.25) is 0 Å². The number of aliphatic hydroxyl groups is 4. The van der Waals surface area contributed by atoms with Gasteiger partial charge in [0.15, 0.2) is 6.29 Å². The Morgan fingerprint density at radius 1 is 0.487 bits per heavy atom. The molecule has 1 amide bonds. The molecular weight excluding hydrogens is 1030 g/mol. The highest BCUT2D eigenvalue weighted by atomic mass is 32.3. The average Bonchev–Trinajstić information content (AvgIpc) is 3.43. The third-order valence-electron chi connectivity index (χ3n) is 16.8. The highest BCUT2D eigenvalue weighted by Crippen LogP contribution is 2.26. The monoisotopic (exact) mass is 1160 g/mol. The molecule has 1 fully saturated rings. The first-order valence-electron chi connectivity index (χ1n) is 34.6. The highest BCUT2D eigenvalue weighted by molar-refractivity contribution is 7.80. The number of ether oxygens (including phenoxy) is 2. The van der Waals surface area contributed by atoms with Crippen LogP contribution in [-0.4, -0.2) is 95.4 Å². The number of carbonyl (C=O) groups is 1. The van der Waals surface area contributed by atoms with E-state index in [2.05, 4.69) is 23.3 Å². The maximum Gasteiger partial charge on any atom is 0.397 e. The van der Waals surface area contributed by atoms with E-state index in [9.17, 15) is 38.2 Å². The van der Waals surface area contributed by atoms with Crippen molar-refractivity contribution in [2.75, 3.05) is 13.2 Å². The van der Waals surface area contributed by atoms with Crippen LogP contribution in [0, 0.1) is 0 Å². The molecule has 0 aliphatic carbocycles. The Bertz CT molecular complexity index is 1450. The maximum atomic E-state index is 13.2. The van der Waals surface area contributed by atoms with E-state index < -0.39 is 59.9 Å². The van der Waals surface area contributed by atoms with Crippen molar-refractivity contribution in [1.29, 1.82) is 0 Å². The van der Waals surface area contributed by atoms with E-state index in [1.807, 2.05) is 6.08 Å². The second-order valence-electron chi connectivity index (χ2n) is 24.5. The van der Waals surface area contributed by atoms with Gasteiger partial charge in [-0.3, -0.25) is 9.35 Å². The van der Waals surface area contributed by atoms with Gasteiger partial charge >= 0.3 is 10.4 Å².